The average molecular weight is 452 g/mol. The summed E-state index contributed by atoms with van der Waals surface area (Å²) in [5, 5.41) is 0. The van der Waals surface area contributed by atoms with Crippen LogP contribution in [0.3, 0.4) is 0 Å². The Kier molecular flexibility index (Phi) is 11.4. The zero-order valence-electron chi connectivity index (χ0n) is 21.1. The fraction of sp³-hybridized carbons (Fsp3) is 0.690. The maximum Gasteiger partial charge on any atom is 0.363 e. The van der Waals surface area contributed by atoms with Gasteiger partial charge in [0.1, 0.15) is 5.76 Å². The van der Waals surface area contributed by atoms with Gasteiger partial charge in [0.25, 0.3) is 0 Å². The van der Waals surface area contributed by atoms with Gasteiger partial charge in [0.2, 0.25) is 0 Å². The number of rotatable bonds is 12. The van der Waals surface area contributed by atoms with E-state index in [1.54, 1.807) is 0 Å². The van der Waals surface area contributed by atoms with E-state index in [0.29, 0.717) is 17.2 Å². The Morgan fingerprint density at radius 1 is 0.939 bits per heavy atom. The molecule has 0 saturated heterocycles. The highest BCUT2D eigenvalue weighted by Gasteiger charge is 2.39. The topological polar surface area (TPSA) is 35.5 Å². The van der Waals surface area contributed by atoms with Gasteiger partial charge in [-0.15, -0.1) is 0 Å². The van der Waals surface area contributed by atoms with Crippen molar-refractivity contribution in [2.24, 2.45) is 0 Å². The van der Waals surface area contributed by atoms with Crippen LogP contribution in [-0.2, 0) is 9.39 Å². The SMILES string of the molecule is CCCCCC/C=C(/OB(C1CCCCC1)C1CCCCC1)[C@@H](C)OC(=O)c1ccccc1. The van der Waals surface area contributed by atoms with Crippen LogP contribution in [0, 0.1) is 0 Å². The summed E-state index contributed by atoms with van der Waals surface area (Å²) in [6, 6.07) is 9.31. The number of benzene rings is 1. The Bertz CT molecular complexity index is 687. The maximum absolute atomic E-state index is 12.8. The number of ether oxygens (including phenoxy) is 1. The van der Waals surface area contributed by atoms with Gasteiger partial charge in [-0.2, -0.15) is 0 Å². The molecule has 0 unspecified atom stereocenters. The van der Waals surface area contributed by atoms with Crippen molar-refractivity contribution in [3.05, 3.63) is 47.7 Å². The molecule has 3 rings (SSSR count). The van der Waals surface area contributed by atoms with E-state index >= 15 is 0 Å². The molecule has 0 bridgehead atoms. The Labute approximate surface area is 202 Å². The van der Waals surface area contributed by atoms with E-state index in [0.717, 1.165) is 18.6 Å². The monoisotopic (exact) mass is 452 g/mol. The van der Waals surface area contributed by atoms with Gasteiger partial charge in [0.05, 0.1) is 5.56 Å². The Morgan fingerprint density at radius 3 is 2.12 bits per heavy atom. The van der Waals surface area contributed by atoms with Gasteiger partial charge in [0, 0.05) is 0 Å². The van der Waals surface area contributed by atoms with Crippen molar-refractivity contribution >= 4 is 12.9 Å². The largest absolute Gasteiger partial charge is 0.561 e. The summed E-state index contributed by atoms with van der Waals surface area (Å²) in [6.45, 7) is 4.50. The van der Waals surface area contributed by atoms with Crippen LogP contribution in [0.2, 0.25) is 11.6 Å². The lowest BCUT2D eigenvalue weighted by molar-refractivity contribution is 0.0338. The molecular weight excluding hydrogens is 407 g/mol. The normalized spacial score (nSPS) is 19.2. The smallest absolute Gasteiger partial charge is 0.363 e. The quantitative estimate of drug-likeness (QED) is 0.138. The number of hydrogen-bond acceptors (Lipinski definition) is 3. The molecule has 33 heavy (non-hydrogen) atoms. The highest BCUT2D eigenvalue weighted by atomic mass is 16.6. The lowest BCUT2D eigenvalue weighted by atomic mass is 9.41. The first kappa shape index (κ1) is 25.9. The van der Waals surface area contributed by atoms with E-state index in [2.05, 4.69) is 13.0 Å². The Hall–Kier alpha value is -1.71. The second-order valence-corrected chi connectivity index (χ2v) is 10.2. The minimum absolute atomic E-state index is 0.268. The molecule has 182 valence electrons. The molecule has 3 nitrogen and oxygen atoms in total. The molecule has 0 heterocycles. The van der Waals surface area contributed by atoms with Gasteiger partial charge in [-0.1, -0.05) is 109 Å². The third-order valence-corrected chi connectivity index (χ3v) is 7.60. The second-order valence-electron chi connectivity index (χ2n) is 10.2. The van der Waals surface area contributed by atoms with Crippen molar-refractivity contribution in [2.75, 3.05) is 0 Å². The van der Waals surface area contributed by atoms with E-state index in [1.807, 2.05) is 37.3 Å². The van der Waals surface area contributed by atoms with E-state index in [4.69, 9.17) is 9.39 Å². The molecule has 2 fully saturated rings. The molecule has 0 aromatic heterocycles. The minimum atomic E-state index is -0.362. The van der Waals surface area contributed by atoms with Crippen LogP contribution in [0.5, 0.6) is 0 Å². The van der Waals surface area contributed by atoms with E-state index < -0.39 is 0 Å². The van der Waals surface area contributed by atoms with Gasteiger partial charge in [-0.05, 0) is 49.6 Å². The number of carbonyl (C=O) groups excluding carboxylic acids is 1. The maximum atomic E-state index is 12.8. The van der Waals surface area contributed by atoms with Crippen LogP contribution >= 0.6 is 0 Å². The number of carbonyl (C=O) groups is 1. The molecule has 1 aromatic carbocycles. The van der Waals surface area contributed by atoms with E-state index in [-0.39, 0.29) is 19.0 Å². The summed E-state index contributed by atoms with van der Waals surface area (Å²) in [6.07, 6.45) is 20.9. The molecule has 2 saturated carbocycles. The molecule has 1 atom stereocenters. The molecule has 0 aliphatic heterocycles. The lowest BCUT2D eigenvalue weighted by Gasteiger charge is -2.36. The Balaban J connectivity index is 1.73. The van der Waals surface area contributed by atoms with Crippen molar-refractivity contribution in [3.8, 4) is 0 Å². The Morgan fingerprint density at radius 2 is 1.55 bits per heavy atom. The van der Waals surface area contributed by atoms with E-state index in [1.165, 1.54) is 83.5 Å². The van der Waals surface area contributed by atoms with Crippen LogP contribution in [0.15, 0.2) is 42.2 Å². The fourth-order valence-corrected chi connectivity index (χ4v) is 5.65. The third-order valence-electron chi connectivity index (χ3n) is 7.60. The first-order chi connectivity index (χ1) is 16.2. The summed E-state index contributed by atoms with van der Waals surface area (Å²) < 4.78 is 12.8. The van der Waals surface area contributed by atoms with Crippen LogP contribution in [0.25, 0.3) is 0 Å². The molecule has 0 amide bonds. The van der Waals surface area contributed by atoms with Crippen molar-refractivity contribution in [3.63, 3.8) is 0 Å². The molecule has 0 N–H and O–H groups in total. The highest BCUT2D eigenvalue weighted by molar-refractivity contribution is 6.55. The number of esters is 1. The van der Waals surface area contributed by atoms with Crippen molar-refractivity contribution < 1.29 is 14.2 Å². The van der Waals surface area contributed by atoms with Crippen LogP contribution in [-0.4, -0.2) is 19.0 Å². The fourth-order valence-electron chi connectivity index (χ4n) is 5.65. The van der Waals surface area contributed by atoms with Gasteiger partial charge < -0.3 is 9.39 Å². The summed E-state index contributed by atoms with van der Waals surface area (Å²) in [5.41, 5.74) is 0.600. The first-order valence-electron chi connectivity index (χ1n) is 13.8. The van der Waals surface area contributed by atoms with Crippen LogP contribution in [0.4, 0.5) is 0 Å². The third kappa shape index (κ3) is 8.54. The van der Waals surface area contributed by atoms with Gasteiger partial charge in [-0.25, -0.2) is 4.79 Å². The number of unbranched alkanes of at least 4 members (excludes halogenated alkanes) is 4. The number of allylic oxidation sites excluding steroid dienone is 1. The lowest BCUT2D eigenvalue weighted by Crippen LogP contribution is -2.35. The summed E-state index contributed by atoms with van der Waals surface area (Å²) >= 11 is 0. The molecule has 0 radical (unpaired) electrons. The van der Waals surface area contributed by atoms with Crippen LogP contribution < -0.4 is 0 Å². The average Bonchev–Trinajstić information content (AvgIpc) is 2.87. The predicted octanol–water partition coefficient (Wildman–Crippen LogP) is 8.76. The summed E-state index contributed by atoms with van der Waals surface area (Å²) in [5.74, 6) is 1.90. The predicted molar refractivity (Wildman–Crippen MR) is 139 cm³/mol. The molecule has 4 heteroatoms. The minimum Gasteiger partial charge on any atom is -0.561 e. The van der Waals surface area contributed by atoms with E-state index in [9.17, 15) is 4.79 Å². The van der Waals surface area contributed by atoms with Gasteiger partial charge >= 0.3 is 12.9 Å². The van der Waals surface area contributed by atoms with Gasteiger partial charge in [-0.3, -0.25) is 0 Å². The molecule has 2 aliphatic carbocycles. The zero-order chi connectivity index (χ0) is 23.3. The van der Waals surface area contributed by atoms with Crippen molar-refractivity contribution in [2.45, 2.75) is 128 Å². The zero-order valence-corrected chi connectivity index (χ0v) is 21.1. The molecule has 1 aromatic rings. The molecular formula is C29H45BO3. The second kappa shape index (κ2) is 14.5. The first-order valence-corrected chi connectivity index (χ1v) is 13.8. The summed E-state index contributed by atoms with van der Waals surface area (Å²) in [4.78, 5) is 12.8. The van der Waals surface area contributed by atoms with Crippen molar-refractivity contribution in [1.29, 1.82) is 0 Å². The molecule has 0 spiro atoms. The van der Waals surface area contributed by atoms with Crippen LogP contribution in [0.1, 0.15) is 121 Å². The highest BCUT2D eigenvalue weighted by Crippen LogP contribution is 2.42. The van der Waals surface area contributed by atoms with Gasteiger partial charge in [0.15, 0.2) is 6.10 Å². The summed E-state index contributed by atoms with van der Waals surface area (Å²) in [7, 11) is 0. The number of hydrogen-bond donors (Lipinski definition) is 0. The molecule has 2 aliphatic rings. The van der Waals surface area contributed by atoms with Crippen molar-refractivity contribution in [1.82, 2.24) is 0 Å². The standard InChI is InChI=1S/C29H45BO3/c1-3-4-5-6-16-23-28(24(2)32-29(31)25-17-10-7-11-18-25)33-30(26-19-12-8-13-20-26)27-21-14-9-15-22-27/h7,10-11,17-18,23-24,26-27H,3-6,8-9,12-16,19-22H2,1-2H3/b28-23+/t24-/m1/s1.